The van der Waals surface area contributed by atoms with Gasteiger partial charge in [-0.15, -0.1) is 0 Å². The zero-order chi connectivity index (χ0) is 15.6. The molecule has 1 aliphatic rings. The fourth-order valence-corrected chi connectivity index (χ4v) is 4.21. The summed E-state index contributed by atoms with van der Waals surface area (Å²) in [7, 11) is -1.93. The number of aryl methyl sites for hydroxylation is 2. The molecule has 9 heteroatoms. The Morgan fingerprint density at radius 3 is 2.38 bits per heavy atom. The van der Waals surface area contributed by atoms with Crippen LogP contribution in [0.15, 0.2) is 4.90 Å². The van der Waals surface area contributed by atoms with E-state index in [2.05, 4.69) is 15.5 Å². The van der Waals surface area contributed by atoms with Crippen LogP contribution in [0.4, 0.5) is 0 Å². The average Bonchev–Trinajstić information content (AvgIpc) is 2.79. The van der Waals surface area contributed by atoms with E-state index in [1.54, 1.807) is 20.9 Å². The monoisotopic (exact) mass is 315 g/mol. The molecule has 1 aliphatic heterocycles. The zero-order valence-electron chi connectivity index (χ0n) is 12.5. The summed E-state index contributed by atoms with van der Waals surface area (Å²) < 4.78 is 26.7. The van der Waals surface area contributed by atoms with Gasteiger partial charge in [-0.1, -0.05) is 0 Å². The van der Waals surface area contributed by atoms with Gasteiger partial charge >= 0.3 is 0 Å². The predicted molar refractivity (Wildman–Crippen MR) is 77.3 cm³/mol. The van der Waals surface area contributed by atoms with E-state index in [0.29, 0.717) is 44.1 Å². The average molecular weight is 315 g/mol. The molecule has 1 saturated heterocycles. The quantitative estimate of drug-likeness (QED) is 0.749. The number of amides is 1. The summed E-state index contributed by atoms with van der Waals surface area (Å²) in [4.78, 5) is 13.5. The smallest absolute Gasteiger partial charge is 0.246 e. The van der Waals surface area contributed by atoms with Crippen LogP contribution in [0.1, 0.15) is 11.4 Å². The number of carbonyl (C=O) groups is 1. The molecule has 8 nitrogen and oxygen atoms in total. The van der Waals surface area contributed by atoms with Crippen LogP contribution >= 0.6 is 0 Å². The van der Waals surface area contributed by atoms with Gasteiger partial charge in [-0.3, -0.25) is 14.8 Å². The van der Waals surface area contributed by atoms with E-state index in [-0.39, 0.29) is 10.8 Å². The molecule has 1 fully saturated rings. The minimum atomic E-state index is -3.53. The first-order chi connectivity index (χ1) is 9.86. The van der Waals surface area contributed by atoms with Gasteiger partial charge in [0.1, 0.15) is 4.90 Å². The van der Waals surface area contributed by atoms with Crippen molar-refractivity contribution in [2.24, 2.45) is 0 Å². The fourth-order valence-electron chi connectivity index (χ4n) is 2.46. The van der Waals surface area contributed by atoms with Crippen molar-refractivity contribution >= 4 is 15.9 Å². The SMILES string of the molecule is CNC(=O)CN1CCN(S(=O)(=O)c2c(C)n[nH]c2C)CC1. The molecule has 1 amide bonds. The van der Waals surface area contributed by atoms with Gasteiger partial charge in [0.2, 0.25) is 15.9 Å². The number of nitrogens with one attached hydrogen (secondary N) is 2. The first-order valence-corrected chi connectivity index (χ1v) is 8.25. The van der Waals surface area contributed by atoms with Gasteiger partial charge in [0.25, 0.3) is 0 Å². The number of hydrogen-bond donors (Lipinski definition) is 2. The Bertz CT molecular complexity index is 597. The summed E-state index contributed by atoms with van der Waals surface area (Å²) in [6.45, 7) is 5.53. The summed E-state index contributed by atoms with van der Waals surface area (Å²) in [6, 6.07) is 0. The maximum Gasteiger partial charge on any atom is 0.246 e. The Hall–Kier alpha value is -1.45. The van der Waals surface area contributed by atoms with Crippen LogP contribution in [0.2, 0.25) is 0 Å². The summed E-state index contributed by atoms with van der Waals surface area (Å²) >= 11 is 0. The van der Waals surface area contributed by atoms with E-state index in [4.69, 9.17) is 0 Å². The number of rotatable bonds is 4. The van der Waals surface area contributed by atoms with Gasteiger partial charge in [0, 0.05) is 33.2 Å². The normalized spacial score (nSPS) is 17.9. The molecule has 0 radical (unpaired) electrons. The highest BCUT2D eigenvalue weighted by Crippen LogP contribution is 2.22. The van der Waals surface area contributed by atoms with Crippen LogP contribution in [0.25, 0.3) is 0 Å². The largest absolute Gasteiger partial charge is 0.358 e. The predicted octanol–water partition coefficient (Wildman–Crippen LogP) is -0.921. The summed E-state index contributed by atoms with van der Waals surface area (Å²) in [5, 5.41) is 9.22. The van der Waals surface area contributed by atoms with Crippen LogP contribution in [-0.4, -0.2) is 73.5 Å². The number of nitrogens with zero attached hydrogens (tertiary/aromatic N) is 3. The lowest BCUT2D eigenvalue weighted by atomic mass is 10.3. The van der Waals surface area contributed by atoms with Gasteiger partial charge in [0.15, 0.2) is 0 Å². The number of sulfonamides is 1. The first kappa shape index (κ1) is 15.9. The number of hydrogen-bond acceptors (Lipinski definition) is 5. The van der Waals surface area contributed by atoms with Gasteiger partial charge in [-0.2, -0.15) is 9.40 Å². The van der Waals surface area contributed by atoms with Gasteiger partial charge in [-0.25, -0.2) is 8.42 Å². The Labute approximate surface area is 124 Å². The second-order valence-electron chi connectivity index (χ2n) is 5.12. The lowest BCUT2D eigenvalue weighted by Crippen LogP contribution is -2.50. The number of H-pyrrole nitrogens is 1. The van der Waals surface area contributed by atoms with Crippen molar-refractivity contribution in [2.75, 3.05) is 39.8 Å². The highest BCUT2D eigenvalue weighted by Gasteiger charge is 2.32. The van der Waals surface area contributed by atoms with Crippen LogP contribution in [-0.2, 0) is 14.8 Å². The Kier molecular flexibility index (Phi) is 4.64. The van der Waals surface area contributed by atoms with E-state index in [0.717, 1.165) is 0 Å². The molecule has 0 aliphatic carbocycles. The molecule has 21 heavy (non-hydrogen) atoms. The maximum atomic E-state index is 12.6. The van der Waals surface area contributed by atoms with E-state index in [1.165, 1.54) is 4.31 Å². The third-order valence-corrected chi connectivity index (χ3v) is 5.80. The van der Waals surface area contributed by atoms with Gasteiger partial charge in [-0.05, 0) is 13.8 Å². The van der Waals surface area contributed by atoms with E-state index >= 15 is 0 Å². The number of likely N-dealkylation sites (N-methyl/N-ethyl adjacent to an activating group) is 1. The van der Waals surface area contributed by atoms with Crippen molar-refractivity contribution in [3.05, 3.63) is 11.4 Å². The van der Waals surface area contributed by atoms with E-state index < -0.39 is 10.0 Å². The third kappa shape index (κ3) is 3.25. The van der Waals surface area contributed by atoms with Crippen LogP contribution in [0.3, 0.4) is 0 Å². The molecule has 0 saturated carbocycles. The molecular weight excluding hydrogens is 294 g/mol. The molecule has 0 spiro atoms. The van der Waals surface area contributed by atoms with Gasteiger partial charge < -0.3 is 5.32 Å². The van der Waals surface area contributed by atoms with E-state index in [1.807, 2.05) is 4.90 Å². The summed E-state index contributed by atoms with van der Waals surface area (Å²) in [5.74, 6) is -0.0622. The van der Waals surface area contributed by atoms with Crippen molar-refractivity contribution in [2.45, 2.75) is 18.7 Å². The molecule has 2 rings (SSSR count). The molecule has 118 valence electrons. The fraction of sp³-hybridized carbons (Fsp3) is 0.667. The van der Waals surface area contributed by atoms with E-state index in [9.17, 15) is 13.2 Å². The Morgan fingerprint density at radius 2 is 1.90 bits per heavy atom. The van der Waals surface area contributed by atoms with Crippen molar-refractivity contribution in [3.63, 3.8) is 0 Å². The molecule has 0 aromatic carbocycles. The van der Waals surface area contributed by atoms with Crippen LogP contribution < -0.4 is 5.32 Å². The molecule has 0 atom stereocenters. The topological polar surface area (TPSA) is 98.4 Å². The number of aromatic nitrogens is 2. The minimum absolute atomic E-state index is 0.0622. The van der Waals surface area contributed by atoms with Crippen molar-refractivity contribution in [1.82, 2.24) is 24.7 Å². The number of aromatic amines is 1. The molecule has 0 bridgehead atoms. The van der Waals surface area contributed by atoms with Crippen LogP contribution in [0.5, 0.6) is 0 Å². The molecule has 2 N–H and O–H groups in total. The Balaban J connectivity index is 2.07. The molecule has 0 unspecified atom stereocenters. The molecule has 2 heterocycles. The second kappa shape index (κ2) is 6.12. The van der Waals surface area contributed by atoms with Crippen molar-refractivity contribution < 1.29 is 13.2 Å². The van der Waals surface area contributed by atoms with Crippen molar-refractivity contribution in [1.29, 1.82) is 0 Å². The number of carbonyl (C=O) groups excluding carboxylic acids is 1. The summed E-state index contributed by atoms with van der Waals surface area (Å²) in [6.07, 6.45) is 0. The highest BCUT2D eigenvalue weighted by molar-refractivity contribution is 7.89. The maximum absolute atomic E-state index is 12.6. The zero-order valence-corrected chi connectivity index (χ0v) is 13.3. The second-order valence-corrected chi connectivity index (χ2v) is 6.99. The van der Waals surface area contributed by atoms with Gasteiger partial charge in [0.05, 0.1) is 17.9 Å². The summed E-state index contributed by atoms with van der Waals surface area (Å²) in [5.41, 5.74) is 1.04. The third-order valence-electron chi connectivity index (χ3n) is 3.64. The molecule has 1 aromatic heterocycles. The minimum Gasteiger partial charge on any atom is -0.358 e. The Morgan fingerprint density at radius 1 is 1.29 bits per heavy atom. The lowest BCUT2D eigenvalue weighted by Gasteiger charge is -2.33. The number of piperazine rings is 1. The first-order valence-electron chi connectivity index (χ1n) is 6.81. The lowest BCUT2D eigenvalue weighted by molar-refractivity contribution is -0.122. The van der Waals surface area contributed by atoms with Crippen molar-refractivity contribution in [3.8, 4) is 0 Å². The highest BCUT2D eigenvalue weighted by atomic mass is 32.2. The molecule has 1 aromatic rings. The standard InChI is InChI=1S/C12H21N5O3S/c1-9-12(10(2)15-14-9)21(19,20)17-6-4-16(5-7-17)8-11(18)13-3/h4-8H2,1-3H3,(H,13,18)(H,14,15). The molecular formula is C12H21N5O3S. The van der Waals surface area contributed by atoms with Crippen LogP contribution in [0, 0.1) is 13.8 Å².